The third-order valence-corrected chi connectivity index (χ3v) is 6.48. The number of benzene rings is 2. The highest BCUT2D eigenvalue weighted by Crippen LogP contribution is 2.30. The molecule has 0 spiro atoms. The summed E-state index contributed by atoms with van der Waals surface area (Å²) < 4.78 is 26.8. The van der Waals surface area contributed by atoms with Crippen molar-refractivity contribution in [1.29, 1.82) is 0 Å². The molecule has 1 aliphatic rings. The molecule has 0 aromatic heterocycles. The average molecular weight is 390 g/mol. The standard InChI is InChI=1S/C18H18N2O6S/c21-18(22)16-9-6-14(20(23)24)12-17(16)13-4-7-15(8-5-13)27(25,26)19-10-2-1-3-11-19/h4-9,12H,1-3,10-11H2,(H,21,22). The third-order valence-electron chi connectivity index (χ3n) is 4.56. The molecule has 2 aromatic rings. The van der Waals surface area contributed by atoms with E-state index in [9.17, 15) is 28.4 Å². The summed E-state index contributed by atoms with van der Waals surface area (Å²) in [5.74, 6) is -1.22. The quantitative estimate of drug-likeness (QED) is 0.619. The molecule has 0 unspecified atom stereocenters. The van der Waals surface area contributed by atoms with Crippen LogP contribution in [0.4, 0.5) is 5.69 Å². The number of rotatable bonds is 5. The molecule has 142 valence electrons. The molecule has 8 nitrogen and oxygen atoms in total. The van der Waals surface area contributed by atoms with Crippen molar-refractivity contribution in [1.82, 2.24) is 4.31 Å². The fourth-order valence-corrected chi connectivity index (χ4v) is 4.65. The van der Waals surface area contributed by atoms with Gasteiger partial charge in [0.25, 0.3) is 5.69 Å². The van der Waals surface area contributed by atoms with Crippen LogP contribution < -0.4 is 0 Å². The van der Waals surface area contributed by atoms with Crippen molar-refractivity contribution in [2.45, 2.75) is 24.2 Å². The number of piperidine rings is 1. The van der Waals surface area contributed by atoms with Crippen LogP contribution in [-0.4, -0.2) is 41.8 Å². The van der Waals surface area contributed by atoms with Gasteiger partial charge in [-0.1, -0.05) is 18.6 Å². The molecule has 2 aromatic carbocycles. The van der Waals surface area contributed by atoms with Crippen LogP contribution in [0.5, 0.6) is 0 Å². The van der Waals surface area contributed by atoms with Crippen molar-refractivity contribution in [3.63, 3.8) is 0 Å². The van der Waals surface area contributed by atoms with E-state index in [1.807, 2.05) is 0 Å². The Balaban J connectivity index is 1.99. The summed E-state index contributed by atoms with van der Waals surface area (Å²) >= 11 is 0. The van der Waals surface area contributed by atoms with Crippen LogP contribution in [0.1, 0.15) is 29.6 Å². The van der Waals surface area contributed by atoms with E-state index >= 15 is 0 Å². The second kappa shape index (κ2) is 7.45. The Morgan fingerprint density at radius 2 is 1.67 bits per heavy atom. The Morgan fingerprint density at radius 3 is 2.22 bits per heavy atom. The molecule has 0 radical (unpaired) electrons. The molecule has 1 N–H and O–H groups in total. The molecule has 0 saturated carbocycles. The van der Waals surface area contributed by atoms with E-state index in [0.717, 1.165) is 25.3 Å². The van der Waals surface area contributed by atoms with Gasteiger partial charge in [0.05, 0.1) is 15.4 Å². The zero-order valence-electron chi connectivity index (χ0n) is 14.4. The van der Waals surface area contributed by atoms with Gasteiger partial charge in [-0.05, 0) is 36.6 Å². The van der Waals surface area contributed by atoms with Gasteiger partial charge in [0.15, 0.2) is 0 Å². The van der Waals surface area contributed by atoms with Crippen molar-refractivity contribution in [3.8, 4) is 11.1 Å². The molecule has 1 fully saturated rings. The SMILES string of the molecule is O=C(O)c1ccc([N+](=O)[O-])cc1-c1ccc(S(=O)(=O)N2CCCCC2)cc1. The average Bonchev–Trinajstić information content (AvgIpc) is 2.68. The molecule has 1 aliphatic heterocycles. The van der Waals surface area contributed by atoms with E-state index in [-0.39, 0.29) is 21.7 Å². The highest BCUT2D eigenvalue weighted by atomic mass is 32.2. The Hall–Kier alpha value is -2.78. The first kappa shape index (κ1) is 19.0. The number of nitro groups is 1. The molecular formula is C18H18N2O6S. The van der Waals surface area contributed by atoms with Gasteiger partial charge in [-0.2, -0.15) is 4.31 Å². The zero-order chi connectivity index (χ0) is 19.6. The maximum atomic E-state index is 12.7. The Morgan fingerprint density at radius 1 is 1.04 bits per heavy atom. The van der Waals surface area contributed by atoms with E-state index in [1.54, 1.807) is 0 Å². The number of nitro benzene ring substituents is 1. The fraction of sp³-hybridized carbons (Fsp3) is 0.278. The molecule has 9 heteroatoms. The maximum absolute atomic E-state index is 12.7. The van der Waals surface area contributed by atoms with E-state index in [2.05, 4.69) is 0 Å². The van der Waals surface area contributed by atoms with E-state index in [1.165, 1.54) is 40.7 Å². The largest absolute Gasteiger partial charge is 0.478 e. The van der Waals surface area contributed by atoms with Crippen LogP contribution in [0.15, 0.2) is 47.4 Å². The maximum Gasteiger partial charge on any atom is 0.336 e. The highest BCUT2D eigenvalue weighted by molar-refractivity contribution is 7.89. The lowest BCUT2D eigenvalue weighted by molar-refractivity contribution is -0.384. The van der Waals surface area contributed by atoms with Gasteiger partial charge in [0, 0.05) is 30.8 Å². The summed E-state index contributed by atoms with van der Waals surface area (Å²) in [5.41, 5.74) is 0.236. The van der Waals surface area contributed by atoms with Gasteiger partial charge in [-0.15, -0.1) is 0 Å². The number of hydrogen-bond acceptors (Lipinski definition) is 5. The minimum absolute atomic E-state index is 0.0905. The molecular weight excluding hydrogens is 372 g/mol. The van der Waals surface area contributed by atoms with E-state index < -0.39 is 20.9 Å². The van der Waals surface area contributed by atoms with Crippen molar-refractivity contribution in [2.24, 2.45) is 0 Å². The number of carboxylic acid groups (broad SMARTS) is 1. The smallest absolute Gasteiger partial charge is 0.336 e. The second-order valence-corrected chi connectivity index (χ2v) is 8.22. The summed E-state index contributed by atoms with van der Waals surface area (Å²) in [6, 6.07) is 9.24. The number of hydrogen-bond donors (Lipinski definition) is 1. The second-order valence-electron chi connectivity index (χ2n) is 6.28. The summed E-state index contributed by atoms with van der Waals surface area (Å²) in [7, 11) is -3.60. The van der Waals surface area contributed by atoms with Gasteiger partial charge in [-0.3, -0.25) is 10.1 Å². The van der Waals surface area contributed by atoms with Crippen LogP contribution in [-0.2, 0) is 10.0 Å². The first-order valence-electron chi connectivity index (χ1n) is 8.43. The Kier molecular flexibility index (Phi) is 5.24. The number of aromatic carboxylic acids is 1. The number of carboxylic acids is 1. The van der Waals surface area contributed by atoms with Crippen LogP contribution in [0.2, 0.25) is 0 Å². The lowest BCUT2D eigenvalue weighted by atomic mass is 9.99. The third kappa shape index (κ3) is 3.83. The van der Waals surface area contributed by atoms with Crippen LogP contribution >= 0.6 is 0 Å². The molecule has 0 aliphatic carbocycles. The van der Waals surface area contributed by atoms with Gasteiger partial charge < -0.3 is 5.11 Å². The van der Waals surface area contributed by atoms with Gasteiger partial charge in [-0.25, -0.2) is 13.2 Å². The minimum Gasteiger partial charge on any atom is -0.478 e. The molecule has 3 rings (SSSR count). The summed E-state index contributed by atoms with van der Waals surface area (Å²) in [6.07, 6.45) is 2.66. The summed E-state index contributed by atoms with van der Waals surface area (Å²) in [6.45, 7) is 0.969. The number of non-ortho nitro benzene ring substituents is 1. The summed E-state index contributed by atoms with van der Waals surface area (Å²) in [4.78, 5) is 22.0. The molecule has 27 heavy (non-hydrogen) atoms. The topological polar surface area (TPSA) is 118 Å². The predicted octanol–water partition coefficient (Wildman–Crippen LogP) is 3.13. The lowest BCUT2D eigenvalue weighted by Gasteiger charge is -2.25. The van der Waals surface area contributed by atoms with Gasteiger partial charge in [0.1, 0.15) is 0 Å². The number of sulfonamides is 1. The number of carbonyl (C=O) groups is 1. The van der Waals surface area contributed by atoms with Crippen molar-refractivity contribution < 1.29 is 23.2 Å². The predicted molar refractivity (Wildman–Crippen MR) is 98.1 cm³/mol. The minimum atomic E-state index is -3.60. The van der Waals surface area contributed by atoms with Crippen LogP contribution in [0, 0.1) is 10.1 Å². The van der Waals surface area contributed by atoms with Crippen LogP contribution in [0.25, 0.3) is 11.1 Å². The van der Waals surface area contributed by atoms with Crippen molar-refractivity contribution in [2.75, 3.05) is 13.1 Å². The number of nitrogens with zero attached hydrogens (tertiary/aromatic N) is 2. The Bertz CT molecular complexity index is 979. The van der Waals surface area contributed by atoms with Crippen LogP contribution in [0.3, 0.4) is 0 Å². The fourth-order valence-electron chi connectivity index (χ4n) is 3.13. The van der Waals surface area contributed by atoms with E-state index in [4.69, 9.17) is 0 Å². The summed E-state index contributed by atoms with van der Waals surface area (Å²) in [5, 5.41) is 20.3. The normalized spacial score (nSPS) is 15.4. The Labute approximate surface area is 156 Å². The monoisotopic (exact) mass is 390 g/mol. The van der Waals surface area contributed by atoms with Gasteiger partial charge >= 0.3 is 5.97 Å². The van der Waals surface area contributed by atoms with Crippen molar-refractivity contribution in [3.05, 3.63) is 58.1 Å². The molecule has 0 atom stereocenters. The lowest BCUT2D eigenvalue weighted by Crippen LogP contribution is -2.35. The molecule has 1 saturated heterocycles. The first-order chi connectivity index (χ1) is 12.8. The zero-order valence-corrected chi connectivity index (χ0v) is 15.2. The molecule has 0 amide bonds. The van der Waals surface area contributed by atoms with E-state index in [0.29, 0.717) is 18.7 Å². The van der Waals surface area contributed by atoms with Crippen molar-refractivity contribution >= 4 is 21.7 Å². The molecule has 0 bridgehead atoms. The molecule has 1 heterocycles. The highest BCUT2D eigenvalue weighted by Gasteiger charge is 2.26. The van der Waals surface area contributed by atoms with Gasteiger partial charge in [0.2, 0.25) is 10.0 Å². The first-order valence-corrected chi connectivity index (χ1v) is 9.87.